The summed E-state index contributed by atoms with van der Waals surface area (Å²) in [6.45, 7) is 0. The molecule has 0 saturated heterocycles. The highest BCUT2D eigenvalue weighted by Crippen LogP contribution is 2.25. The minimum Gasteiger partial charge on any atom is -0.507 e. The third-order valence-electron chi connectivity index (χ3n) is 4.08. The number of carbonyl (C=O) groups is 2. The van der Waals surface area contributed by atoms with Crippen molar-refractivity contribution >= 4 is 22.3 Å². The molecule has 25 heavy (non-hydrogen) atoms. The van der Waals surface area contributed by atoms with Crippen LogP contribution in [0.4, 0.5) is 0 Å². The standard InChI is InChI=1S/C21H18O4/c1-25-18-8-9-19(21(24)13-18)20(23)12-17(22)11-14-6-7-15-4-2-3-5-16(15)10-14/h2-10,13,24H,11-12H2,1H3. The molecule has 3 aromatic rings. The minimum atomic E-state index is -0.397. The van der Waals surface area contributed by atoms with Crippen molar-refractivity contribution in [3.63, 3.8) is 0 Å². The van der Waals surface area contributed by atoms with Crippen molar-refractivity contribution in [2.45, 2.75) is 12.8 Å². The van der Waals surface area contributed by atoms with E-state index in [9.17, 15) is 14.7 Å². The van der Waals surface area contributed by atoms with Crippen LogP contribution >= 0.6 is 0 Å². The first-order valence-electron chi connectivity index (χ1n) is 7.96. The molecule has 0 aromatic heterocycles. The molecular weight excluding hydrogens is 316 g/mol. The van der Waals surface area contributed by atoms with Gasteiger partial charge >= 0.3 is 0 Å². The molecule has 4 heteroatoms. The SMILES string of the molecule is COc1ccc(C(=O)CC(=O)Cc2ccc3ccccc3c2)c(O)c1. The second-order valence-electron chi connectivity index (χ2n) is 5.88. The normalized spacial score (nSPS) is 10.6. The lowest BCUT2D eigenvalue weighted by molar-refractivity contribution is -0.117. The van der Waals surface area contributed by atoms with Gasteiger partial charge in [0.1, 0.15) is 17.3 Å². The summed E-state index contributed by atoms with van der Waals surface area (Å²) in [6.07, 6.45) is -0.0554. The Bertz CT molecular complexity index is 944. The molecule has 3 aromatic carbocycles. The van der Waals surface area contributed by atoms with Crippen LogP contribution in [-0.4, -0.2) is 23.8 Å². The molecule has 0 atom stereocenters. The van der Waals surface area contributed by atoms with E-state index in [0.717, 1.165) is 16.3 Å². The molecular formula is C21H18O4. The Labute approximate surface area is 145 Å². The number of benzene rings is 3. The summed E-state index contributed by atoms with van der Waals surface area (Å²) in [6, 6.07) is 18.2. The van der Waals surface area contributed by atoms with Gasteiger partial charge in [0.15, 0.2) is 5.78 Å². The van der Waals surface area contributed by atoms with Crippen LogP contribution in [0.3, 0.4) is 0 Å². The van der Waals surface area contributed by atoms with Gasteiger partial charge in [0.2, 0.25) is 0 Å². The fourth-order valence-electron chi connectivity index (χ4n) is 2.79. The Morgan fingerprint density at radius 3 is 2.44 bits per heavy atom. The molecule has 0 heterocycles. The topological polar surface area (TPSA) is 63.6 Å². The molecule has 0 saturated carbocycles. The number of rotatable bonds is 6. The largest absolute Gasteiger partial charge is 0.507 e. The molecule has 0 aliphatic heterocycles. The number of ketones is 2. The molecule has 0 spiro atoms. The zero-order chi connectivity index (χ0) is 17.8. The van der Waals surface area contributed by atoms with Crippen molar-refractivity contribution in [3.05, 3.63) is 71.8 Å². The highest BCUT2D eigenvalue weighted by molar-refractivity contribution is 6.09. The number of fused-ring (bicyclic) bond motifs is 1. The quantitative estimate of drug-likeness (QED) is 0.548. The van der Waals surface area contributed by atoms with E-state index in [1.807, 2.05) is 42.5 Å². The number of phenols is 1. The summed E-state index contributed by atoms with van der Waals surface area (Å²) in [7, 11) is 1.48. The molecule has 0 fully saturated rings. The smallest absolute Gasteiger partial charge is 0.173 e. The van der Waals surface area contributed by atoms with Crippen LogP contribution in [-0.2, 0) is 11.2 Å². The summed E-state index contributed by atoms with van der Waals surface area (Å²) in [5, 5.41) is 12.1. The lowest BCUT2D eigenvalue weighted by atomic mass is 9.99. The van der Waals surface area contributed by atoms with Gasteiger partial charge < -0.3 is 9.84 Å². The van der Waals surface area contributed by atoms with Crippen LogP contribution in [0.1, 0.15) is 22.3 Å². The van der Waals surface area contributed by atoms with Crippen LogP contribution in [0.15, 0.2) is 60.7 Å². The zero-order valence-corrected chi connectivity index (χ0v) is 13.9. The van der Waals surface area contributed by atoms with E-state index in [1.165, 1.54) is 19.2 Å². The van der Waals surface area contributed by atoms with Gasteiger partial charge in [-0.15, -0.1) is 0 Å². The van der Waals surface area contributed by atoms with E-state index in [1.54, 1.807) is 6.07 Å². The third-order valence-corrected chi connectivity index (χ3v) is 4.08. The molecule has 0 bridgehead atoms. The summed E-state index contributed by atoms with van der Waals surface area (Å²) >= 11 is 0. The summed E-state index contributed by atoms with van der Waals surface area (Å²) in [5.41, 5.74) is 1.00. The zero-order valence-electron chi connectivity index (χ0n) is 13.9. The van der Waals surface area contributed by atoms with Gasteiger partial charge in [-0.2, -0.15) is 0 Å². The number of carbonyl (C=O) groups excluding carboxylic acids is 2. The van der Waals surface area contributed by atoms with Gasteiger partial charge in [0.05, 0.1) is 19.1 Å². The van der Waals surface area contributed by atoms with E-state index in [2.05, 4.69) is 0 Å². The predicted molar refractivity (Wildman–Crippen MR) is 96.3 cm³/mol. The number of phenolic OH excluding ortho intramolecular Hbond substituents is 1. The first-order valence-corrected chi connectivity index (χ1v) is 7.96. The van der Waals surface area contributed by atoms with E-state index < -0.39 is 5.78 Å². The maximum Gasteiger partial charge on any atom is 0.173 e. The van der Waals surface area contributed by atoms with Crippen molar-refractivity contribution in [1.82, 2.24) is 0 Å². The van der Waals surface area contributed by atoms with Crippen LogP contribution in [0, 0.1) is 0 Å². The fraction of sp³-hybridized carbons (Fsp3) is 0.143. The molecule has 3 rings (SSSR count). The second-order valence-corrected chi connectivity index (χ2v) is 5.88. The maximum atomic E-state index is 12.3. The number of aromatic hydroxyl groups is 1. The summed E-state index contributed by atoms with van der Waals surface area (Å²) < 4.78 is 4.99. The lowest BCUT2D eigenvalue weighted by Crippen LogP contribution is -2.11. The Kier molecular flexibility index (Phi) is 4.80. The van der Waals surface area contributed by atoms with Crippen LogP contribution in [0.5, 0.6) is 11.5 Å². The average molecular weight is 334 g/mol. The second kappa shape index (κ2) is 7.18. The first kappa shape index (κ1) is 16.7. The molecule has 0 amide bonds. The van der Waals surface area contributed by atoms with E-state index >= 15 is 0 Å². The average Bonchev–Trinajstić information content (AvgIpc) is 2.61. The van der Waals surface area contributed by atoms with Crippen molar-refractivity contribution in [2.24, 2.45) is 0 Å². The Morgan fingerprint density at radius 1 is 0.960 bits per heavy atom. The van der Waals surface area contributed by atoms with Gasteiger partial charge in [-0.25, -0.2) is 0 Å². The predicted octanol–water partition coefficient (Wildman–Crippen LogP) is 3.94. The molecule has 126 valence electrons. The third kappa shape index (κ3) is 3.86. The lowest BCUT2D eigenvalue weighted by Gasteiger charge is -2.06. The van der Waals surface area contributed by atoms with Crippen LogP contribution in [0.2, 0.25) is 0 Å². The number of methoxy groups -OCH3 is 1. The van der Waals surface area contributed by atoms with Crippen molar-refractivity contribution < 1.29 is 19.4 Å². The molecule has 0 aliphatic rings. The van der Waals surface area contributed by atoms with Gasteiger partial charge in [0.25, 0.3) is 0 Å². The number of hydrogen-bond acceptors (Lipinski definition) is 4. The summed E-state index contributed by atoms with van der Waals surface area (Å²) in [5.74, 6) is -0.305. The summed E-state index contributed by atoms with van der Waals surface area (Å²) in [4.78, 5) is 24.5. The Balaban J connectivity index is 1.70. The van der Waals surface area contributed by atoms with Crippen molar-refractivity contribution in [1.29, 1.82) is 0 Å². The molecule has 1 N–H and O–H groups in total. The van der Waals surface area contributed by atoms with Gasteiger partial charge in [0, 0.05) is 12.5 Å². The van der Waals surface area contributed by atoms with Gasteiger partial charge in [-0.1, -0.05) is 42.5 Å². The number of Topliss-reactive ketones (excluding diaryl/α,β-unsaturated/α-hetero) is 2. The van der Waals surface area contributed by atoms with Gasteiger partial charge in [-0.3, -0.25) is 9.59 Å². The Hall–Kier alpha value is -3.14. The highest BCUT2D eigenvalue weighted by Gasteiger charge is 2.16. The van der Waals surface area contributed by atoms with Crippen LogP contribution in [0.25, 0.3) is 10.8 Å². The fourth-order valence-corrected chi connectivity index (χ4v) is 2.79. The van der Waals surface area contributed by atoms with Gasteiger partial charge in [-0.05, 0) is 28.5 Å². The van der Waals surface area contributed by atoms with Crippen molar-refractivity contribution in [3.8, 4) is 11.5 Å². The van der Waals surface area contributed by atoms with Crippen LogP contribution < -0.4 is 4.74 Å². The molecule has 0 unspecified atom stereocenters. The monoisotopic (exact) mass is 334 g/mol. The molecule has 4 nitrogen and oxygen atoms in total. The number of hydrogen-bond donors (Lipinski definition) is 1. The molecule has 0 radical (unpaired) electrons. The first-order chi connectivity index (χ1) is 12.1. The van der Waals surface area contributed by atoms with E-state index in [0.29, 0.717) is 5.75 Å². The molecule has 0 aliphatic carbocycles. The van der Waals surface area contributed by atoms with E-state index in [4.69, 9.17) is 4.74 Å². The minimum absolute atomic E-state index is 0.132. The van der Waals surface area contributed by atoms with Crippen molar-refractivity contribution in [2.75, 3.05) is 7.11 Å². The highest BCUT2D eigenvalue weighted by atomic mass is 16.5. The van der Waals surface area contributed by atoms with E-state index in [-0.39, 0.29) is 29.9 Å². The maximum absolute atomic E-state index is 12.3. The number of ether oxygens (including phenoxy) is 1. The Morgan fingerprint density at radius 2 is 1.72 bits per heavy atom.